The maximum atomic E-state index is 13.5. The van der Waals surface area contributed by atoms with E-state index >= 15 is 0 Å². The van der Waals surface area contributed by atoms with E-state index in [1.165, 1.54) is 19.2 Å². The van der Waals surface area contributed by atoms with Crippen LogP contribution >= 0.6 is 0 Å². The van der Waals surface area contributed by atoms with Gasteiger partial charge in [-0.05, 0) is 43.0 Å². The molecule has 1 rings (SSSR count). The van der Waals surface area contributed by atoms with Gasteiger partial charge in [0.05, 0.1) is 12.7 Å². The Balaban J connectivity index is 3.06. The van der Waals surface area contributed by atoms with Gasteiger partial charge in [0.15, 0.2) is 0 Å². The minimum absolute atomic E-state index is 0.000867. The average molecular weight is 226 g/mol. The maximum absolute atomic E-state index is 13.5. The Hall–Kier alpha value is -1.42. The molecule has 0 aliphatic carbocycles. The number of carbonyl (C=O) groups is 1. The average Bonchev–Trinajstić information content (AvgIpc) is 2.27. The van der Waals surface area contributed by atoms with Gasteiger partial charge in [0.2, 0.25) is 0 Å². The second kappa shape index (κ2) is 5.61. The molecular formula is C12H15FO3. The Kier molecular flexibility index (Phi) is 4.43. The summed E-state index contributed by atoms with van der Waals surface area (Å²) in [5, 5.41) is 8.68. The minimum Gasteiger partial charge on any atom is -0.465 e. The predicted molar refractivity (Wildman–Crippen MR) is 57.9 cm³/mol. The molecule has 0 aromatic heterocycles. The monoisotopic (exact) mass is 226 g/mol. The van der Waals surface area contributed by atoms with Gasteiger partial charge in [-0.1, -0.05) is 0 Å². The highest BCUT2D eigenvalue weighted by Crippen LogP contribution is 2.17. The largest absolute Gasteiger partial charge is 0.465 e. The summed E-state index contributed by atoms with van der Waals surface area (Å²) in [6, 6.07) is 2.81. The van der Waals surface area contributed by atoms with E-state index in [0.717, 1.165) is 0 Å². The molecule has 0 fully saturated rings. The van der Waals surface area contributed by atoms with Crippen molar-refractivity contribution in [1.29, 1.82) is 0 Å². The summed E-state index contributed by atoms with van der Waals surface area (Å²) in [5.41, 5.74) is 1.36. The third-order valence-corrected chi connectivity index (χ3v) is 2.40. The van der Waals surface area contributed by atoms with Crippen molar-refractivity contribution in [3.63, 3.8) is 0 Å². The number of halogens is 1. The first-order valence-corrected chi connectivity index (χ1v) is 5.08. The fraction of sp³-hybridized carbons (Fsp3) is 0.417. The molecular weight excluding hydrogens is 211 g/mol. The number of aryl methyl sites for hydroxylation is 2. The van der Waals surface area contributed by atoms with Crippen molar-refractivity contribution in [2.24, 2.45) is 0 Å². The van der Waals surface area contributed by atoms with Gasteiger partial charge >= 0.3 is 5.97 Å². The number of ether oxygens (including phenoxy) is 1. The predicted octanol–water partition coefficient (Wildman–Crippen LogP) is 1.85. The normalized spacial score (nSPS) is 10.2. The van der Waals surface area contributed by atoms with Crippen molar-refractivity contribution in [3.05, 3.63) is 34.6 Å². The van der Waals surface area contributed by atoms with Crippen LogP contribution in [0.1, 0.15) is 27.9 Å². The van der Waals surface area contributed by atoms with Crippen molar-refractivity contribution < 1.29 is 19.0 Å². The molecule has 0 bridgehead atoms. The molecule has 1 N–H and O–H groups in total. The molecule has 0 saturated carbocycles. The summed E-state index contributed by atoms with van der Waals surface area (Å²) in [6.45, 7) is 1.66. The molecule has 0 radical (unpaired) electrons. The van der Waals surface area contributed by atoms with Gasteiger partial charge in [0.25, 0.3) is 0 Å². The molecule has 88 valence electrons. The first-order valence-electron chi connectivity index (χ1n) is 5.08. The van der Waals surface area contributed by atoms with Gasteiger partial charge in [-0.25, -0.2) is 9.18 Å². The van der Waals surface area contributed by atoms with E-state index < -0.39 is 5.97 Å². The van der Waals surface area contributed by atoms with Crippen LogP contribution in [0, 0.1) is 12.7 Å². The molecule has 0 heterocycles. The van der Waals surface area contributed by atoms with Crippen LogP contribution in [0.3, 0.4) is 0 Å². The number of aliphatic hydroxyl groups is 1. The molecule has 0 saturated heterocycles. The number of aliphatic hydroxyl groups excluding tert-OH is 1. The molecule has 0 amide bonds. The second-order valence-electron chi connectivity index (χ2n) is 3.58. The molecule has 1 aromatic rings. The van der Waals surface area contributed by atoms with Crippen molar-refractivity contribution in [1.82, 2.24) is 0 Å². The van der Waals surface area contributed by atoms with Crippen molar-refractivity contribution >= 4 is 5.97 Å². The van der Waals surface area contributed by atoms with Crippen LogP contribution in [-0.2, 0) is 11.2 Å². The standard InChI is InChI=1S/C12H15FO3/c1-8-6-11(13)9(4-3-5-14)7-10(8)12(15)16-2/h6-7,14H,3-5H2,1-2H3. The number of hydrogen-bond donors (Lipinski definition) is 1. The SMILES string of the molecule is COC(=O)c1cc(CCCO)c(F)cc1C. The molecule has 1 aromatic carbocycles. The highest BCUT2D eigenvalue weighted by atomic mass is 19.1. The lowest BCUT2D eigenvalue weighted by atomic mass is 10.0. The Morgan fingerprint density at radius 1 is 1.50 bits per heavy atom. The smallest absolute Gasteiger partial charge is 0.338 e. The lowest BCUT2D eigenvalue weighted by molar-refractivity contribution is 0.0599. The Morgan fingerprint density at radius 2 is 2.19 bits per heavy atom. The molecule has 0 aliphatic rings. The van der Waals surface area contributed by atoms with E-state index in [0.29, 0.717) is 29.5 Å². The van der Waals surface area contributed by atoms with Gasteiger partial charge in [0, 0.05) is 6.61 Å². The minimum atomic E-state index is -0.470. The number of carbonyl (C=O) groups excluding carboxylic acids is 1. The van der Waals surface area contributed by atoms with Crippen molar-refractivity contribution in [2.45, 2.75) is 19.8 Å². The molecule has 0 spiro atoms. The Bertz CT molecular complexity index is 388. The zero-order valence-corrected chi connectivity index (χ0v) is 9.42. The summed E-state index contributed by atoms with van der Waals surface area (Å²) in [6.07, 6.45) is 0.882. The van der Waals surface area contributed by atoms with Crippen LogP contribution in [0.25, 0.3) is 0 Å². The van der Waals surface area contributed by atoms with E-state index in [2.05, 4.69) is 4.74 Å². The number of hydrogen-bond acceptors (Lipinski definition) is 3. The van der Waals surface area contributed by atoms with Gasteiger partial charge in [-0.3, -0.25) is 0 Å². The second-order valence-corrected chi connectivity index (χ2v) is 3.58. The Morgan fingerprint density at radius 3 is 2.75 bits per heavy atom. The van der Waals surface area contributed by atoms with Gasteiger partial charge < -0.3 is 9.84 Å². The van der Waals surface area contributed by atoms with Crippen molar-refractivity contribution in [3.8, 4) is 0 Å². The summed E-state index contributed by atoms with van der Waals surface area (Å²) < 4.78 is 18.1. The summed E-state index contributed by atoms with van der Waals surface area (Å²) in [4.78, 5) is 11.4. The zero-order chi connectivity index (χ0) is 12.1. The molecule has 16 heavy (non-hydrogen) atoms. The third kappa shape index (κ3) is 2.79. The third-order valence-electron chi connectivity index (χ3n) is 2.40. The molecule has 4 heteroatoms. The van der Waals surface area contributed by atoms with E-state index in [-0.39, 0.29) is 12.4 Å². The van der Waals surface area contributed by atoms with Crippen LogP contribution < -0.4 is 0 Å². The molecule has 0 aliphatic heterocycles. The topological polar surface area (TPSA) is 46.5 Å². The summed E-state index contributed by atoms with van der Waals surface area (Å²) in [7, 11) is 1.29. The maximum Gasteiger partial charge on any atom is 0.338 e. The fourth-order valence-corrected chi connectivity index (χ4v) is 1.51. The number of esters is 1. The molecule has 0 atom stereocenters. The van der Waals surface area contributed by atoms with Gasteiger partial charge in [-0.2, -0.15) is 0 Å². The number of rotatable bonds is 4. The fourth-order valence-electron chi connectivity index (χ4n) is 1.51. The molecule has 0 unspecified atom stereocenters. The number of benzene rings is 1. The lowest BCUT2D eigenvalue weighted by Crippen LogP contribution is -2.06. The van der Waals surface area contributed by atoms with Crippen LogP contribution in [-0.4, -0.2) is 24.8 Å². The molecule has 3 nitrogen and oxygen atoms in total. The van der Waals surface area contributed by atoms with Crippen LogP contribution in [0.15, 0.2) is 12.1 Å². The first kappa shape index (κ1) is 12.6. The van der Waals surface area contributed by atoms with Gasteiger partial charge in [-0.15, -0.1) is 0 Å². The highest BCUT2D eigenvalue weighted by Gasteiger charge is 2.13. The van der Waals surface area contributed by atoms with Crippen LogP contribution in [0.5, 0.6) is 0 Å². The summed E-state index contributed by atoms with van der Waals surface area (Å²) >= 11 is 0. The quantitative estimate of drug-likeness (QED) is 0.797. The lowest BCUT2D eigenvalue weighted by Gasteiger charge is -2.08. The van der Waals surface area contributed by atoms with E-state index in [1.54, 1.807) is 6.92 Å². The van der Waals surface area contributed by atoms with Gasteiger partial charge in [0.1, 0.15) is 5.82 Å². The highest BCUT2D eigenvalue weighted by molar-refractivity contribution is 5.91. The Labute approximate surface area is 93.9 Å². The first-order chi connectivity index (χ1) is 7.60. The van der Waals surface area contributed by atoms with E-state index in [9.17, 15) is 9.18 Å². The zero-order valence-electron chi connectivity index (χ0n) is 9.42. The van der Waals surface area contributed by atoms with E-state index in [1.807, 2.05) is 0 Å². The summed E-state index contributed by atoms with van der Waals surface area (Å²) in [5.74, 6) is -0.818. The van der Waals surface area contributed by atoms with Crippen LogP contribution in [0.2, 0.25) is 0 Å². The van der Waals surface area contributed by atoms with Crippen LogP contribution in [0.4, 0.5) is 4.39 Å². The number of methoxy groups -OCH3 is 1. The van der Waals surface area contributed by atoms with Crippen molar-refractivity contribution in [2.75, 3.05) is 13.7 Å². The van der Waals surface area contributed by atoms with E-state index in [4.69, 9.17) is 5.11 Å².